The third kappa shape index (κ3) is 9.07. The van der Waals surface area contributed by atoms with Gasteiger partial charge in [-0.3, -0.25) is 4.99 Å². The molecule has 1 aliphatic rings. The van der Waals surface area contributed by atoms with Crippen LogP contribution in [0.15, 0.2) is 41.2 Å². The molecule has 0 aromatic heterocycles. The largest absolute Gasteiger partial charge is 0.573 e. The Morgan fingerprint density at radius 3 is 1.97 bits per heavy atom. The zero-order chi connectivity index (χ0) is 24.5. The second-order valence-corrected chi connectivity index (χ2v) is 7.75. The number of piperazine rings is 1. The van der Waals surface area contributed by atoms with Gasteiger partial charge in [0, 0.05) is 32.4 Å². The van der Waals surface area contributed by atoms with E-state index in [0.29, 0.717) is 43.3 Å². The Morgan fingerprint density at radius 2 is 1.53 bits per heavy atom. The first-order chi connectivity index (χ1) is 14.9. The molecule has 1 amide bonds. The predicted molar refractivity (Wildman–Crippen MR) is 119 cm³/mol. The standard InChI is InChI=1S/C20H27F3N4O3.C2H6/c1-14(25-15-5-7-16(8-6-15)29-20(21,22)23)17(13-24)26-9-11-27(12-10-26)18(28)30-19(2,3)4;1-2/h5-8,13H,9-12,24H2,1-4H3;1-2H3/b17-13+,25-14?;. The number of nitrogens with two attached hydrogens (primary N) is 1. The molecule has 10 heteroatoms. The molecule has 1 aromatic carbocycles. The number of alkyl halides is 3. The van der Waals surface area contributed by atoms with Crippen LogP contribution in [0, 0.1) is 0 Å². The molecule has 0 radical (unpaired) electrons. The molecule has 2 N–H and O–H groups in total. The van der Waals surface area contributed by atoms with E-state index in [1.807, 2.05) is 39.5 Å². The summed E-state index contributed by atoms with van der Waals surface area (Å²) in [6.45, 7) is 13.3. The van der Waals surface area contributed by atoms with Crippen molar-refractivity contribution in [2.45, 2.75) is 53.5 Å². The van der Waals surface area contributed by atoms with Crippen LogP contribution < -0.4 is 10.5 Å². The van der Waals surface area contributed by atoms with Gasteiger partial charge in [-0.15, -0.1) is 13.2 Å². The van der Waals surface area contributed by atoms with Crippen molar-refractivity contribution in [1.29, 1.82) is 0 Å². The van der Waals surface area contributed by atoms with Crippen molar-refractivity contribution in [3.63, 3.8) is 0 Å². The second-order valence-electron chi connectivity index (χ2n) is 7.75. The highest BCUT2D eigenvalue weighted by Crippen LogP contribution is 2.25. The zero-order valence-corrected chi connectivity index (χ0v) is 19.5. The van der Waals surface area contributed by atoms with E-state index in [4.69, 9.17) is 10.5 Å². The van der Waals surface area contributed by atoms with Crippen LogP contribution in [0.1, 0.15) is 41.5 Å². The number of amides is 1. The summed E-state index contributed by atoms with van der Waals surface area (Å²) in [7, 11) is 0. The molecule has 1 fully saturated rings. The Morgan fingerprint density at radius 1 is 1.03 bits per heavy atom. The summed E-state index contributed by atoms with van der Waals surface area (Å²) in [6, 6.07) is 5.26. The lowest BCUT2D eigenvalue weighted by Crippen LogP contribution is -2.50. The summed E-state index contributed by atoms with van der Waals surface area (Å²) in [5.41, 5.74) is 7.00. The zero-order valence-electron chi connectivity index (χ0n) is 19.5. The van der Waals surface area contributed by atoms with E-state index >= 15 is 0 Å². The Balaban J connectivity index is 0.00000249. The first kappa shape index (κ1) is 27.1. The van der Waals surface area contributed by atoms with E-state index in [-0.39, 0.29) is 11.8 Å². The maximum Gasteiger partial charge on any atom is 0.573 e. The van der Waals surface area contributed by atoms with Gasteiger partial charge in [-0.1, -0.05) is 13.8 Å². The number of carbonyl (C=O) groups excluding carboxylic acids is 1. The van der Waals surface area contributed by atoms with Gasteiger partial charge in [0.2, 0.25) is 0 Å². The van der Waals surface area contributed by atoms with E-state index in [1.54, 1.807) is 11.8 Å². The van der Waals surface area contributed by atoms with Crippen LogP contribution in [0.5, 0.6) is 5.75 Å². The maximum absolute atomic E-state index is 12.3. The van der Waals surface area contributed by atoms with Crippen molar-refractivity contribution in [2.24, 2.45) is 10.7 Å². The van der Waals surface area contributed by atoms with E-state index in [2.05, 4.69) is 9.73 Å². The summed E-state index contributed by atoms with van der Waals surface area (Å²) in [5.74, 6) is -0.313. The summed E-state index contributed by atoms with van der Waals surface area (Å²) in [5, 5.41) is 0. The summed E-state index contributed by atoms with van der Waals surface area (Å²) in [6.07, 6.45) is -3.66. The van der Waals surface area contributed by atoms with Gasteiger partial charge in [0.1, 0.15) is 11.4 Å². The van der Waals surface area contributed by atoms with E-state index in [0.717, 1.165) is 0 Å². The number of halogens is 3. The van der Waals surface area contributed by atoms with Gasteiger partial charge in [0.05, 0.1) is 17.1 Å². The third-order valence-electron chi connectivity index (χ3n) is 4.17. The molecule has 0 bridgehead atoms. The quantitative estimate of drug-likeness (QED) is 0.638. The number of aliphatic imine (C=N–C) groups is 1. The van der Waals surface area contributed by atoms with Crippen LogP contribution in [0.2, 0.25) is 0 Å². The average Bonchev–Trinajstić information content (AvgIpc) is 2.70. The molecule has 2 rings (SSSR count). The van der Waals surface area contributed by atoms with Crippen molar-refractivity contribution in [2.75, 3.05) is 26.2 Å². The highest BCUT2D eigenvalue weighted by Gasteiger charge is 2.31. The number of carbonyl (C=O) groups is 1. The van der Waals surface area contributed by atoms with Crippen molar-refractivity contribution >= 4 is 17.5 Å². The highest BCUT2D eigenvalue weighted by molar-refractivity contribution is 5.99. The number of ether oxygens (including phenoxy) is 2. The van der Waals surface area contributed by atoms with Crippen LogP contribution in [-0.4, -0.2) is 59.7 Å². The minimum atomic E-state index is -4.74. The topological polar surface area (TPSA) is 80.4 Å². The van der Waals surface area contributed by atoms with Gasteiger partial charge < -0.3 is 25.0 Å². The number of benzene rings is 1. The van der Waals surface area contributed by atoms with Crippen LogP contribution in [0.4, 0.5) is 23.7 Å². The van der Waals surface area contributed by atoms with Gasteiger partial charge in [-0.25, -0.2) is 4.79 Å². The van der Waals surface area contributed by atoms with Crippen molar-refractivity contribution in [3.8, 4) is 5.75 Å². The molecule has 0 spiro atoms. The number of allylic oxidation sites excluding steroid dienone is 1. The van der Waals surface area contributed by atoms with Crippen LogP contribution in [0.25, 0.3) is 0 Å². The Labute approximate surface area is 187 Å². The first-order valence-electron chi connectivity index (χ1n) is 10.4. The van der Waals surface area contributed by atoms with E-state index < -0.39 is 12.0 Å². The predicted octanol–water partition coefficient (Wildman–Crippen LogP) is 5.06. The third-order valence-corrected chi connectivity index (χ3v) is 4.17. The maximum atomic E-state index is 12.3. The monoisotopic (exact) mass is 458 g/mol. The molecule has 32 heavy (non-hydrogen) atoms. The lowest BCUT2D eigenvalue weighted by molar-refractivity contribution is -0.274. The normalized spacial score (nSPS) is 15.7. The number of hydrogen-bond acceptors (Lipinski definition) is 6. The molecular weight excluding hydrogens is 425 g/mol. The van der Waals surface area contributed by atoms with Crippen LogP contribution in [-0.2, 0) is 4.74 Å². The second kappa shape index (κ2) is 11.6. The average molecular weight is 459 g/mol. The lowest BCUT2D eigenvalue weighted by atomic mass is 10.2. The highest BCUT2D eigenvalue weighted by atomic mass is 19.4. The number of nitrogens with zero attached hydrogens (tertiary/aromatic N) is 3. The number of rotatable bonds is 4. The Hall–Kier alpha value is -2.91. The van der Waals surface area contributed by atoms with Crippen LogP contribution >= 0.6 is 0 Å². The number of hydrogen-bond donors (Lipinski definition) is 1. The van der Waals surface area contributed by atoms with Crippen molar-refractivity contribution < 1.29 is 27.4 Å². The van der Waals surface area contributed by atoms with Gasteiger partial charge >= 0.3 is 12.5 Å². The first-order valence-corrected chi connectivity index (χ1v) is 10.4. The molecule has 7 nitrogen and oxygen atoms in total. The van der Waals surface area contributed by atoms with Crippen molar-refractivity contribution in [1.82, 2.24) is 9.80 Å². The van der Waals surface area contributed by atoms with Gasteiger partial charge in [-0.2, -0.15) is 0 Å². The molecule has 180 valence electrons. The molecule has 1 saturated heterocycles. The fraction of sp³-hybridized carbons (Fsp3) is 0.545. The van der Waals surface area contributed by atoms with Crippen LogP contribution in [0.3, 0.4) is 0 Å². The lowest BCUT2D eigenvalue weighted by Gasteiger charge is -2.37. The van der Waals surface area contributed by atoms with Gasteiger partial charge in [0.15, 0.2) is 0 Å². The van der Waals surface area contributed by atoms with E-state index in [9.17, 15) is 18.0 Å². The summed E-state index contributed by atoms with van der Waals surface area (Å²) < 4.78 is 46.0. The van der Waals surface area contributed by atoms with E-state index in [1.165, 1.54) is 30.5 Å². The van der Waals surface area contributed by atoms with Crippen molar-refractivity contribution in [3.05, 3.63) is 36.2 Å². The fourth-order valence-corrected chi connectivity index (χ4v) is 2.88. The Kier molecular flexibility index (Phi) is 9.86. The smallest absolute Gasteiger partial charge is 0.444 e. The molecule has 0 aliphatic carbocycles. The SMILES string of the molecule is CC.CC(=Nc1ccc(OC(F)(F)F)cc1)/C(=C\N)N1CCN(C(=O)OC(C)(C)C)CC1. The molecule has 1 heterocycles. The summed E-state index contributed by atoms with van der Waals surface area (Å²) in [4.78, 5) is 20.3. The molecule has 1 aromatic rings. The molecule has 0 atom stereocenters. The molecule has 1 aliphatic heterocycles. The molecular formula is C22H33F3N4O3. The minimum absolute atomic E-state index is 0.313. The van der Waals surface area contributed by atoms with Gasteiger partial charge in [0.25, 0.3) is 0 Å². The summed E-state index contributed by atoms with van der Waals surface area (Å²) >= 11 is 0. The van der Waals surface area contributed by atoms with Gasteiger partial charge in [-0.05, 0) is 52.0 Å². The molecule has 0 saturated carbocycles. The Bertz CT molecular complexity index is 792. The fourth-order valence-electron chi connectivity index (χ4n) is 2.88. The molecule has 0 unspecified atom stereocenters. The minimum Gasteiger partial charge on any atom is -0.444 e.